The molecule has 37 heavy (non-hydrogen) atoms. The largest absolute Gasteiger partial charge is 0.534 e. The summed E-state index contributed by atoms with van der Waals surface area (Å²) >= 11 is 0. The van der Waals surface area contributed by atoms with E-state index in [0.29, 0.717) is 35.3 Å². The Morgan fingerprint density at radius 2 is 1.57 bits per heavy atom. The minimum Gasteiger partial charge on any atom is -0.487 e. The number of allylic oxidation sites excluding steroid dienone is 6. The second-order valence-electron chi connectivity index (χ2n) is 10.6. The van der Waals surface area contributed by atoms with Crippen molar-refractivity contribution >= 4 is 10.1 Å². The lowest BCUT2D eigenvalue weighted by molar-refractivity contribution is -0.0500. The van der Waals surface area contributed by atoms with Gasteiger partial charge in [-0.1, -0.05) is 34.9 Å². The molecule has 1 atom stereocenters. The molecule has 0 aliphatic carbocycles. The zero-order chi connectivity index (χ0) is 28.0. The normalized spacial score (nSPS) is 18.8. The van der Waals surface area contributed by atoms with Gasteiger partial charge < -0.3 is 8.92 Å². The Labute approximate surface area is 220 Å². The molecule has 1 aromatic carbocycles. The maximum atomic E-state index is 12.8. The van der Waals surface area contributed by atoms with Crippen molar-refractivity contribution < 1.29 is 30.5 Å². The van der Waals surface area contributed by atoms with Crippen LogP contribution in [0.15, 0.2) is 41.0 Å². The molecule has 0 fully saturated rings. The first kappa shape index (κ1) is 31.0. The molecule has 0 saturated carbocycles. The molecule has 0 amide bonds. The third-order valence-electron chi connectivity index (χ3n) is 6.91. The monoisotopic (exact) mass is 542 g/mol. The molecule has 0 unspecified atom stereocenters. The Hall–Kier alpha value is -2.22. The van der Waals surface area contributed by atoms with Crippen LogP contribution in [0.5, 0.6) is 11.5 Å². The van der Waals surface area contributed by atoms with Crippen LogP contribution in [0.25, 0.3) is 0 Å². The van der Waals surface area contributed by atoms with E-state index in [-0.39, 0.29) is 5.75 Å². The van der Waals surface area contributed by atoms with E-state index in [1.807, 2.05) is 6.92 Å². The lowest BCUT2D eigenvalue weighted by atomic mass is 9.87. The first-order valence-corrected chi connectivity index (χ1v) is 14.2. The van der Waals surface area contributed by atoms with Crippen LogP contribution in [0.2, 0.25) is 0 Å². The minimum atomic E-state index is -5.73. The molecule has 0 aromatic heterocycles. The molecule has 4 nitrogen and oxygen atoms in total. The summed E-state index contributed by atoms with van der Waals surface area (Å²) in [6.07, 6.45) is 14.0. The van der Waals surface area contributed by atoms with E-state index < -0.39 is 21.2 Å². The predicted molar refractivity (Wildman–Crippen MR) is 144 cm³/mol. The van der Waals surface area contributed by atoms with Crippen molar-refractivity contribution in [3.8, 4) is 11.5 Å². The first-order chi connectivity index (χ1) is 17.0. The zero-order valence-electron chi connectivity index (χ0n) is 23.1. The fourth-order valence-electron chi connectivity index (χ4n) is 4.34. The summed E-state index contributed by atoms with van der Waals surface area (Å²) in [5.41, 5.74) is -0.217. The average molecular weight is 543 g/mol. The second-order valence-corrected chi connectivity index (χ2v) is 12.2. The van der Waals surface area contributed by atoms with Gasteiger partial charge in [0.25, 0.3) is 0 Å². The summed E-state index contributed by atoms with van der Waals surface area (Å²) in [5.74, 6) is 0.304. The van der Waals surface area contributed by atoms with Gasteiger partial charge in [0, 0.05) is 0 Å². The molecule has 1 aliphatic rings. The fraction of sp³-hybridized carbons (Fsp3) is 0.586. The van der Waals surface area contributed by atoms with Gasteiger partial charge in [0.15, 0.2) is 0 Å². The molecule has 1 heterocycles. The summed E-state index contributed by atoms with van der Waals surface area (Å²) in [7, 11) is -5.73. The topological polar surface area (TPSA) is 52.6 Å². The predicted octanol–water partition coefficient (Wildman–Crippen LogP) is 8.81. The first-order valence-electron chi connectivity index (χ1n) is 12.8. The highest BCUT2D eigenvalue weighted by Crippen LogP contribution is 2.43. The number of ether oxygens (including phenoxy) is 1. The summed E-state index contributed by atoms with van der Waals surface area (Å²) in [5, 5.41) is 0. The van der Waals surface area contributed by atoms with E-state index in [1.165, 1.54) is 29.7 Å². The Bertz CT molecular complexity index is 1160. The van der Waals surface area contributed by atoms with Crippen molar-refractivity contribution in [1.29, 1.82) is 0 Å². The highest BCUT2D eigenvalue weighted by Gasteiger charge is 2.49. The molecule has 0 radical (unpaired) electrons. The lowest BCUT2D eigenvalue weighted by Gasteiger charge is -2.37. The van der Waals surface area contributed by atoms with Crippen molar-refractivity contribution in [1.82, 2.24) is 0 Å². The van der Waals surface area contributed by atoms with E-state index in [2.05, 4.69) is 50.1 Å². The summed E-state index contributed by atoms with van der Waals surface area (Å²) in [6.45, 7) is 13.9. The molecule has 208 valence electrons. The molecule has 1 aromatic rings. The van der Waals surface area contributed by atoms with E-state index in [1.54, 1.807) is 6.92 Å². The fourth-order valence-corrected chi connectivity index (χ4v) is 4.85. The van der Waals surface area contributed by atoms with Crippen LogP contribution in [-0.2, 0) is 16.5 Å². The van der Waals surface area contributed by atoms with Crippen molar-refractivity contribution in [3.63, 3.8) is 0 Å². The third kappa shape index (κ3) is 8.94. The van der Waals surface area contributed by atoms with E-state index in [4.69, 9.17) is 4.74 Å². The standard InChI is InChI=1S/C29H41F3O4S/c1-20(2)11-8-12-21(3)13-9-14-22(4)15-10-17-28(7)18-16-25-19-26(23(5)24(6)27(25)35-28)36-37(33,34)29(30,31)32/h11,13,15,19H,8-10,12,14,16-18H2,1-7H3/b21-13+,22-15+/t28-/m1/s1. The average Bonchev–Trinajstić information content (AvgIpc) is 2.77. The SMILES string of the molecule is CC(C)=CCC/C(C)=C/CC/C(C)=C/CC[C@]1(C)CCc2cc(OS(=O)(=O)C(F)(F)F)c(C)c(C)c2O1. The van der Waals surface area contributed by atoms with Crippen LogP contribution in [0, 0.1) is 13.8 Å². The van der Waals surface area contributed by atoms with Crippen LogP contribution in [0.1, 0.15) is 96.3 Å². The molecule has 0 saturated heterocycles. The van der Waals surface area contributed by atoms with Crippen molar-refractivity contribution in [2.45, 2.75) is 111 Å². The number of benzene rings is 1. The molecule has 1 aliphatic heterocycles. The van der Waals surface area contributed by atoms with Gasteiger partial charge in [-0.3, -0.25) is 0 Å². The van der Waals surface area contributed by atoms with E-state index in [9.17, 15) is 21.6 Å². The van der Waals surface area contributed by atoms with Crippen molar-refractivity contribution in [2.75, 3.05) is 0 Å². The quantitative estimate of drug-likeness (QED) is 0.159. The molecule has 0 spiro atoms. The van der Waals surface area contributed by atoms with Crippen molar-refractivity contribution in [3.05, 3.63) is 57.7 Å². The van der Waals surface area contributed by atoms with Gasteiger partial charge in [-0.15, -0.1) is 0 Å². The number of hydrogen-bond acceptors (Lipinski definition) is 4. The van der Waals surface area contributed by atoms with Gasteiger partial charge in [0.2, 0.25) is 0 Å². The molecular weight excluding hydrogens is 501 g/mol. The maximum absolute atomic E-state index is 12.8. The summed E-state index contributed by atoms with van der Waals surface area (Å²) in [6, 6.07) is 1.36. The van der Waals surface area contributed by atoms with Crippen LogP contribution >= 0.6 is 0 Å². The van der Waals surface area contributed by atoms with Gasteiger partial charge >= 0.3 is 15.6 Å². The van der Waals surface area contributed by atoms with Gasteiger partial charge in [0.1, 0.15) is 17.1 Å². The Kier molecular flexibility index (Phi) is 10.5. The lowest BCUT2D eigenvalue weighted by Crippen LogP contribution is -2.36. The Balaban J connectivity index is 1.99. The third-order valence-corrected chi connectivity index (χ3v) is 7.88. The molecular formula is C29H41F3O4S. The van der Waals surface area contributed by atoms with Gasteiger partial charge in [0.05, 0.1) is 0 Å². The van der Waals surface area contributed by atoms with Crippen molar-refractivity contribution in [2.24, 2.45) is 0 Å². The van der Waals surface area contributed by atoms with Crippen LogP contribution in [-0.4, -0.2) is 19.5 Å². The molecule has 2 rings (SSSR count). The number of aryl methyl sites for hydroxylation is 1. The van der Waals surface area contributed by atoms with Gasteiger partial charge in [-0.25, -0.2) is 0 Å². The second kappa shape index (κ2) is 12.5. The van der Waals surface area contributed by atoms with Gasteiger partial charge in [-0.2, -0.15) is 21.6 Å². The van der Waals surface area contributed by atoms with E-state index in [0.717, 1.165) is 38.5 Å². The van der Waals surface area contributed by atoms with Crippen LogP contribution in [0.3, 0.4) is 0 Å². The van der Waals surface area contributed by atoms with E-state index >= 15 is 0 Å². The number of alkyl halides is 3. The number of hydrogen-bond donors (Lipinski definition) is 0. The summed E-state index contributed by atoms with van der Waals surface area (Å²) in [4.78, 5) is 0. The van der Waals surface area contributed by atoms with Gasteiger partial charge in [-0.05, 0) is 123 Å². The molecule has 0 N–H and O–H groups in total. The molecule has 0 bridgehead atoms. The van der Waals surface area contributed by atoms with Crippen LogP contribution in [0.4, 0.5) is 13.2 Å². The number of fused-ring (bicyclic) bond motifs is 1. The van der Waals surface area contributed by atoms with Crippen LogP contribution < -0.4 is 8.92 Å². The smallest absolute Gasteiger partial charge is 0.487 e. The summed E-state index contributed by atoms with van der Waals surface area (Å²) < 4.78 is 72.2. The molecule has 8 heteroatoms. The zero-order valence-corrected chi connectivity index (χ0v) is 24.0. The number of rotatable bonds is 11. The maximum Gasteiger partial charge on any atom is 0.534 e. The highest BCUT2D eigenvalue weighted by atomic mass is 32.2. The number of halogens is 3. The minimum absolute atomic E-state index is 0.305. The Morgan fingerprint density at radius 3 is 2.14 bits per heavy atom. The Morgan fingerprint density at radius 1 is 1.00 bits per heavy atom. The highest BCUT2D eigenvalue weighted by molar-refractivity contribution is 7.88.